The van der Waals surface area contributed by atoms with Crippen molar-refractivity contribution < 1.29 is 4.98 Å². The Bertz CT molecular complexity index is 379. The van der Waals surface area contributed by atoms with Gasteiger partial charge in [-0.15, -0.1) is 0 Å². The summed E-state index contributed by atoms with van der Waals surface area (Å²) in [5.74, 6) is 0.680. The van der Waals surface area contributed by atoms with Crippen molar-refractivity contribution in [3.63, 3.8) is 0 Å². The van der Waals surface area contributed by atoms with Gasteiger partial charge in [0.05, 0.1) is 6.20 Å². The summed E-state index contributed by atoms with van der Waals surface area (Å²) in [7, 11) is 0. The zero-order valence-corrected chi connectivity index (χ0v) is 7.20. The number of aromatic amines is 1. The molecule has 0 saturated heterocycles. The van der Waals surface area contributed by atoms with Crippen LogP contribution < -0.4 is 10.7 Å². The van der Waals surface area contributed by atoms with Crippen molar-refractivity contribution in [1.82, 2.24) is 0 Å². The fraction of sp³-hybridized carbons (Fsp3) is 0. The van der Waals surface area contributed by atoms with Crippen molar-refractivity contribution >= 4 is 5.82 Å². The van der Waals surface area contributed by atoms with Gasteiger partial charge in [-0.2, -0.15) is 0 Å². The lowest BCUT2D eigenvalue weighted by molar-refractivity contribution is -0.359. The first-order valence-corrected chi connectivity index (χ1v) is 4.19. The van der Waals surface area contributed by atoms with Gasteiger partial charge in [0.1, 0.15) is 0 Å². The molecule has 2 nitrogen and oxygen atoms in total. The summed E-state index contributed by atoms with van der Waals surface area (Å²) in [6, 6.07) is 14.0. The van der Waals surface area contributed by atoms with Crippen LogP contribution in [0.25, 0.3) is 11.1 Å². The molecule has 0 aliphatic rings. The quantitative estimate of drug-likeness (QED) is 0.697. The second kappa shape index (κ2) is 3.27. The third-order valence-corrected chi connectivity index (χ3v) is 1.94. The lowest BCUT2D eigenvalue weighted by atomic mass is 10.1. The molecule has 1 heterocycles. The number of aromatic nitrogens is 1. The van der Waals surface area contributed by atoms with Crippen LogP contribution in [0.5, 0.6) is 0 Å². The van der Waals surface area contributed by atoms with Gasteiger partial charge < -0.3 is 0 Å². The van der Waals surface area contributed by atoms with Crippen LogP contribution in [0, 0.1) is 0 Å². The Morgan fingerprint density at radius 1 is 0.846 bits per heavy atom. The van der Waals surface area contributed by atoms with E-state index in [0.29, 0.717) is 5.82 Å². The van der Waals surface area contributed by atoms with E-state index in [1.165, 1.54) is 5.56 Å². The lowest BCUT2D eigenvalue weighted by Crippen LogP contribution is -2.08. The number of pyridine rings is 1. The van der Waals surface area contributed by atoms with Crippen LogP contribution in [0.3, 0.4) is 0 Å². The highest BCUT2D eigenvalue weighted by atomic mass is 14.8. The molecule has 0 unspecified atom stereocenters. The molecule has 64 valence electrons. The van der Waals surface area contributed by atoms with Gasteiger partial charge >= 0.3 is 0 Å². The van der Waals surface area contributed by atoms with Crippen LogP contribution in [-0.4, -0.2) is 0 Å². The lowest BCUT2D eigenvalue weighted by Gasteiger charge is -1.97. The van der Waals surface area contributed by atoms with Crippen molar-refractivity contribution in [3.05, 3.63) is 48.7 Å². The summed E-state index contributed by atoms with van der Waals surface area (Å²) < 4.78 is 0. The predicted octanol–water partition coefficient (Wildman–Crippen LogP) is 1.75. The highest BCUT2D eigenvalue weighted by Gasteiger charge is 1.97. The summed E-state index contributed by atoms with van der Waals surface area (Å²) in [5.41, 5.74) is 7.89. The minimum Gasteiger partial charge on any atom is -0.287 e. The fourth-order valence-corrected chi connectivity index (χ4v) is 1.25. The minimum absolute atomic E-state index is 0.680. The van der Waals surface area contributed by atoms with Gasteiger partial charge in [0, 0.05) is 11.6 Å². The van der Waals surface area contributed by atoms with E-state index < -0.39 is 0 Å². The van der Waals surface area contributed by atoms with E-state index in [0.717, 1.165) is 5.56 Å². The maximum absolute atomic E-state index is 5.55. The molecule has 2 heteroatoms. The molecule has 2 aromatic rings. The number of nitrogens with one attached hydrogen (secondary N) is 1. The Kier molecular flexibility index (Phi) is 1.96. The topological polar surface area (TPSA) is 40.2 Å². The van der Waals surface area contributed by atoms with Gasteiger partial charge in [-0.1, -0.05) is 30.3 Å². The molecule has 0 amide bonds. The number of nitrogen functional groups attached to an aromatic ring is 1. The highest BCUT2D eigenvalue weighted by Crippen LogP contribution is 2.16. The molecule has 0 spiro atoms. The molecular weight excluding hydrogens is 160 g/mol. The van der Waals surface area contributed by atoms with Crippen LogP contribution in [-0.2, 0) is 0 Å². The van der Waals surface area contributed by atoms with E-state index in [9.17, 15) is 0 Å². The second-order valence-electron chi connectivity index (χ2n) is 2.90. The van der Waals surface area contributed by atoms with Gasteiger partial charge in [-0.3, -0.25) is 5.73 Å². The highest BCUT2D eigenvalue weighted by molar-refractivity contribution is 5.61. The molecule has 0 saturated carbocycles. The summed E-state index contributed by atoms with van der Waals surface area (Å²) in [6.07, 6.45) is 1.91. The monoisotopic (exact) mass is 171 g/mol. The normalized spacial score (nSPS) is 9.85. The first-order valence-electron chi connectivity index (χ1n) is 4.19. The number of rotatable bonds is 1. The average molecular weight is 171 g/mol. The molecule has 0 atom stereocenters. The van der Waals surface area contributed by atoms with Crippen LogP contribution in [0.4, 0.5) is 5.82 Å². The van der Waals surface area contributed by atoms with Gasteiger partial charge in [-0.05, 0) is 11.6 Å². The molecule has 13 heavy (non-hydrogen) atoms. The van der Waals surface area contributed by atoms with Gasteiger partial charge in [-0.25, -0.2) is 4.98 Å². The largest absolute Gasteiger partial charge is 0.287 e. The molecule has 0 bridgehead atoms. The smallest absolute Gasteiger partial charge is 0.270 e. The molecular formula is C11H11N2+. The van der Waals surface area contributed by atoms with E-state index >= 15 is 0 Å². The Morgan fingerprint density at radius 2 is 1.62 bits per heavy atom. The Balaban J connectivity index is 2.42. The Labute approximate surface area is 77.0 Å². The summed E-state index contributed by atoms with van der Waals surface area (Å²) in [5, 5.41) is 0. The van der Waals surface area contributed by atoms with E-state index in [1.54, 1.807) is 0 Å². The number of anilines is 1. The zero-order valence-electron chi connectivity index (χ0n) is 7.20. The van der Waals surface area contributed by atoms with Crippen molar-refractivity contribution in [2.75, 3.05) is 5.73 Å². The van der Waals surface area contributed by atoms with Gasteiger partial charge in [0.25, 0.3) is 5.82 Å². The van der Waals surface area contributed by atoms with Crippen molar-refractivity contribution in [1.29, 1.82) is 0 Å². The Morgan fingerprint density at radius 3 is 2.23 bits per heavy atom. The predicted molar refractivity (Wildman–Crippen MR) is 52.8 cm³/mol. The van der Waals surface area contributed by atoms with Crippen LogP contribution >= 0.6 is 0 Å². The SMILES string of the molecule is Nc1ccc(-c2ccccc2)c[nH+]1. The number of nitrogens with two attached hydrogens (primary N) is 1. The van der Waals surface area contributed by atoms with Crippen LogP contribution in [0.1, 0.15) is 0 Å². The third-order valence-electron chi connectivity index (χ3n) is 1.94. The van der Waals surface area contributed by atoms with Crippen molar-refractivity contribution in [2.45, 2.75) is 0 Å². The molecule has 1 aromatic carbocycles. The van der Waals surface area contributed by atoms with Crippen LogP contribution in [0.2, 0.25) is 0 Å². The zero-order chi connectivity index (χ0) is 9.10. The standard InChI is InChI=1S/C11H10N2/c12-11-7-6-10(8-13-11)9-4-2-1-3-5-9/h1-8H,(H2,12,13)/p+1. The number of H-pyrrole nitrogens is 1. The maximum atomic E-state index is 5.55. The minimum atomic E-state index is 0.680. The molecule has 0 fully saturated rings. The van der Waals surface area contributed by atoms with Crippen LogP contribution in [0.15, 0.2) is 48.7 Å². The van der Waals surface area contributed by atoms with E-state index in [2.05, 4.69) is 17.1 Å². The summed E-state index contributed by atoms with van der Waals surface area (Å²) in [4.78, 5) is 2.98. The van der Waals surface area contributed by atoms with Crippen molar-refractivity contribution in [2.24, 2.45) is 0 Å². The maximum Gasteiger partial charge on any atom is 0.270 e. The number of hydrogen-bond donors (Lipinski definition) is 1. The molecule has 3 N–H and O–H groups in total. The molecule has 0 aliphatic carbocycles. The first kappa shape index (κ1) is 7.80. The first-order chi connectivity index (χ1) is 6.36. The van der Waals surface area contributed by atoms with Gasteiger partial charge in [0.2, 0.25) is 0 Å². The van der Waals surface area contributed by atoms with E-state index in [1.807, 2.05) is 36.5 Å². The van der Waals surface area contributed by atoms with E-state index in [4.69, 9.17) is 5.73 Å². The molecule has 2 rings (SSSR count). The number of benzene rings is 1. The Hall–Kier alpha value is -1.83. The van der Waals surface area contributed by atoms with Crippen molar-refractivity contribution in [3.8, 4) is 11.1 Å². The third kappa shape index (κ3) is 1.67. The average Bonchev–Trinajstić information content (AvgIpc) is 2.20. The molecule has 0 radical (unpaired) electrons. The van der Waals surface area contributed by atoms with E-state index in [-0.39, 0.29) is 0 Å². The second-order valence-corrected chi connectivity index (χ2v) is 2.90. The molecule has 0 aliphatic heterocycles. The molecule has 1 aromatic heterocycles. The summed E-state index contributed by atoms with van der Waals surface area (Å²) in [6.45, 7) is 0. The number of hydrogen-bond acceptors (Lipinski definition) is 1. The summed E-state index contributed by atoms with van der Waals surface area (Å²) >= 11 is 0. The van der Waals surface area contributed by atoms with Gasteiger partial charge in [0.15, 0.2) is 0 Å². The fourth-order valence-electron chi connectivity index (χ4n) is 1.25.